The average Bonchev–Trinajstić information content (AvgIpc) is 2.64. The first-order valence-corrected chi connectivity index (χ1v) is 8.07. The van der Waals surface area contributed by atoms with Crippen molar-refractivity contribution in [1.29, 1.82) is 0 Å². The molecule has 0 heterocycles. The number of nitrogens with one attached hydrogen (secondary N) is 1. The third-order valence-electron chi connectivity index (χ3n) is 3.31. The lowest BCUT2D eigenvalue weighted by atomic mass is 10.2. The van der Waals surface area contributed by atoms with E-state index in [1.807, 2.05) is 0 Å². The minimum atomic E-state index is -0.557. The molecule has 0 saturated carbocycles. The lowest BCUT2D eigenvalue weighted by Gasteiger charge is -2.11. The summed E-state index contributed by atoms with van der Waals surface area (Å²) < 4.78 is 10.8. The first-order chi connectivity index (χ1) is 13.0. The van der Waals surface area contributed by atoms with Crippen LogP contribution in [0.5, 0.6) is 11.5 Å². The number of nitrogens with zero attached hydrogens (tertiary/aromatic N) is 3. The van der Waals surface area contributed by atoms with Crippen molar-refractivity contribution < 1.29 is 19.3 Å². The standard InChI is InChI=1S/C17H18N4O6/c1-3-26-16-9-12(8-15(21(24)25)17(16)27-4-2)11-18-19-13-6-5-7-14(10-13)20(22)23/h5-11,19H,3-4H2,1-2H3. The molecule has 0 atom stereocenters. The summed E-state index contributed by atoms with van der Waals surface area (Å²) in [6, 6.07) is 8.69. The molecule has 2 aromatic carbocycles. The van der Waals surface area contributed by atoms with Crippen LogP contribution in [0, 0.1) is 20.2 Å². The van der Waals surface area contributed by atoms with Gasteiger partial charge in [0.15, 0.2) is 5.75 Å². The average molecular weight is 374 g/mol. The molecule has 0 aliphatic carbocycles. The van der Waals surface area contributed by atoms with E-state index in [0.29, 0.717) is 17.9 Å². The Kier molecular flexibility index (Phi) is 6.64. The highest BCUT2D eigenvalue weighted by Gasteiger charge is 2.22. The first kappa shape index (κ1) is 19.6. The molecule has 10 nitrogen and oxygen atoms in total. The predicted octanol–water partition coefficient (Wildman–Crippen LogP) is 3.75. The molecule has 0 aliphatic heterocycles. The van der Waals surface area contributed by atoms with Crippen LogP contribution in [0.3, 0.4) is 0 Å². The lowest BCUT2D eigenvalue weighted by Crippen LogP contribution is -2.03. The van der Waals surface area contributed by atoms with E-state index in [2.05, 4.69) is 10.5 Å². The number of anilines is 1. The molecule has 2 rings (SSSR count). The second-order valence-electron chi connectivity index (χ2n) is 5.17. The Hall–Kier alpha value is -3.69. The number of hydrazone groups is 1. The van der Waals surface area contributed by atoms with Crippen LogP contribution in [-0.4, -0.2) is 29.3 Å². The number of non-ortho nitro benzene ring substituents is 1. The van der Waals surface area contributed by atoms with E-state index in [1.54, 1.807) is 26.0 Å². The van der Waals surface area contributed by atoms with Gasteiger partial charge >= 0.3 is 5.69 Å². The number of nitro benzene ring substituents is 2. The third kappa shape index (κ3) is 5.14. The van der Waals surface area contributed by atoms with Gasteiger partial charge in [-0.15, -0.1) is 0 Å². The zero-order valence-electron chi connectivity index (χ0n) is 14.7. The van der Waals surface area contributed by atoms with Crippen LogP contribution in [0.25, 0.3) is 0 Å². The normalized spacial score (nSPS) is 10.6. The quantitative estimate of drug-likeness (QED) is 0.402. The molecule has 2 aromatic rings. The van der Waals surface area contributed by atoms with Crippen LogP contribution >= 0.6 is 0 Å². The Morgan fingerprint density at radius 1 is 1.07 bits per heavy atom. The fourth-order valence-corrected chi connectivity index (χ4v) is 2.24. The Bertz CT molecular complexity index is 868. The maximum Gasteiger partial charge on any atom is 0.315 e. The third-order valence-corrected chi connectivity index (χ3v) is 3.31. The molecule has 0 aliphatic rings. The van der Waals surface area contributed by atoms with Gasteiger partial charge in [0.2, 0.25) is 5.75 Å². The van der Waals surface area contributed by atoms with E-state index >= 15 is 0 Å². The number of rotatable bonds is 9. The smallest absolute Gasteiger partial charge is 0.315 e. The minimum Gasteiger partial charge on any atom is -0.490 e. The van der Waals surface area contributed by atoms with E-state index in [0.717, 1.165) is 0 Å². The predicted molar refractivity (Wildman–Crippen MR) is 99.7 cm³/mol. The second-order valence-corrected chi connectivity index (χ2v) is 5.17. The van der Waals surface area contributed by atoms with Gasteiger partial charge in [0.05, 0.1) is 35.0 Å². The van der Waals surface area contributed by atoms with Crippen LogP contribution < -0.4 is 14.9 Å². The van der Waals surface area contributed by atoms with Crippen LogP contribution in [0.15, 0.2) is 41.5 Å². The Labute approximate surface area is 154 Å². The zero-order chi connectivity index (χ0) is 19.8. The molecule has 0 aromatic heterocycles. The molecular weight excluding hydrogens is 356 g/mol. The van der Waals surface area contributed by atoms with Gasteiger partial charge in [0.1, 0.15) is 0 Å². The van der Waals surface area contributed by atoms with Crippen LogP contribution in [0.1, 0.15) is 19.4 Å². The van der Waals surface area contributed by atoms with Crippen molar-refractivity contribution in [2.45, 2.75) is 13.8 Å². The van der Waals surface area contributed by atoms with E-state index in [-0.39, 0.29) is 29.5 Å². The molecule has 0 bridgehead atoms. The molecule has 0 radical (unpaired) electrons. The van der Waals surface area contributed by atoms with Crippen molar-refractivity contribution in [1.82, 2.24) is 0 Å². The summed E-state index contributed by atoms with van der Waals surface area (Å²) in [7, 11) is 0. The van der Waals surface area contributed by atoms with E-state index in [9.17, 15) is 20.2 Å². The fourth-order valence-electron chi connectivity index (χ4n) is 2.24. The van der Waals surface area contributed by atoms with E-state index in [1.165, 1.54) is 30.5 Å². The van der Waals surface area contributed by atoms with Gasteiger partial charge in [-0.05, 0) is 26.0 Å². The van der Waals surface area contributed by atoms with Crippen molar-refractivity contribution in [2.75, 3.05) is 18.6 Å². The van der Waals surface area contributed by atoms with Crippen molar-refractivity contribution in [3.63, 3.8) is 0 Å². The minimum absolute atomic E-state index is 0.0631. The van der Waals surface area contributed by atoms with Gasteiger partial charge < -0.3 is 9.47 Å². The van der Waals surface area contributed by atoms with Crippen molar-refractivity contribution >= 4 is 23.3 Å². The summed E-state index contributed by atoms with van der Waals surface area (Å²) in [6.07, 6.45) is 1.35. The highest BCUT2D eigenvalue weighted by atomic mass is 16.6. The molecule has 0 fully saturated rings. The zero-order valence-corrected chi connectivity index (χ0v) is 14.7. The van der Waals surface area contributed by atoms with Gasteiger partial charge in [-0.3, -0.25) is 25.7 Å². The van der Waals surface area contributed by atoms with Crippen LogP contribution in [0.4, 0.5) is 17.1 Å². The summed E-state index contributed by atoms with van der Waals surface area (Å²) in [5.41, 5.74) is 3.15. The van der Waals surface area contributed by atoms with Gasteiger partial charge in [-0.2, -0.15) is 5.10 Å². The summed E-state index contributed by atoms with van der Waals surface area (Å²) in [6.45, 7) is 4.04. The number of hydrogen-bond donors (Lipinski definition) is 1. The largest absolute Gasteiger partial charge is 0.490 e. The Balaban J connectivity index is 2.29. The Morgan fingerprint density at radius 2 is 1.81 bits per heavy atom. The number of nitro groups is 2. The molecule has 0 unspecified atom stereocenters. The van der Waals surface area contributed by atoms with Gasteiger partial charge in [0.25, 0.3) is 5.69 Å². The highest BCUT2D eigenvalue weighted by molar-refractivity contribution is 5.83. The number of ether oxygens (including phenoxy) is 2. The summed E-state index contributed by atoms with van der Waals surface area (Å²) >= 11 is 0. The summed E-state index contributed by atoms with van der Waals surface area (Å²) in [5.74, 6) is 0.304. The molecule has 0 amide bonds. The molecule has 10 heteroatoms. The highest BCUT2D eigenvalue weighted by Crippen LogP contribution is 2.38. The van der Waals surface area contributed by atoms with Gasteiger partial charge in [-0.25, -0.2) is 0 Å². The summed E-state index contributed by atoms with van der Waals surface area (Å²) in [4.78, 5) is 21.1. The van der Waals surface area contributed by atoms with Gasteiger partial charge in [0, 0.05) is 23.8 Å². The molecule has 142 valence electrons. The second kappa shape index (κ2) is 9.13. The Morgan fingerprint density at radius 3 is 2.44 bits per heavy atom. The first-order valence-electron chi connectivity index (χ1n) is 8.07. The van der Waals surface area contributed by atoms with Crippen molar-refractivity contribution in [2.24, 2.45) is 5.10 Å². The van der Waals surface area contributed by atoms with E-state index in [4.69, 9.17) is 9.47 Å². The molecule has 0 saturated heterocycles. The SMILES string of the molecule is CCOc1cc(C=NNc2cccc([N+](=O)[O-])c2)cc([N+](=O)[O-])c1OCC. The fraction of sp³-hybridized carbons (Fsp3) is 0.235. The number of benzene rings is 2. The van der Waals surface area contributed by atoms with Gasteiger partial charge in [-0.1, -0.05) is 6.07 Å². The van der Waals surface area contributed by atoms with Crippen molar-refractivity contribution in [3.05, 3.63) is 62.2 Å². The maximum absolute atomic E-state index is 11.3. The number of hydrogen-bond acceptors (Lipinski definition) is 8. The van der Waals surface area contributed by atoms with Crippen LogP contribution in [-0.2, 0) is 0 Å². The van der Waals surface area contributed by atoms with E-state index < -0.39 is 9.85 Å². The molecule has 1 N–H and O–H groups in total. The maximum atomic E-state index is 11.3. The molecular formula is C17H18N4O6. The van der Waals surface area contributed by atoms with Crippen molar-refractivity contribution in [3.8, 4) is 11.5 Å². The molecule has 0 spiro atoms. The topological polar surface area (TPSA) is 129 Å². The van der Waals surface area contributed by atoms with Crippen LogP contribution in [0.2, 0.25) is 0 Å². The molecule has 27 heavy (non-hydrogen) atoms. The lowest BCUT2D eigenvalue weighted by molar-refractivity contribution is -0.386. The summed E-state index contributed by atoms with van der Waals surface area (Å²) in [5, 5.41) is 26.1. The monoisotopic (exact) mass is 374 g/mol.